The van der Waals surface area contributed by atoms with Crippen LogP contribution in [-0.2, 0) is 23.9 Å². The van der Waals surface area contributed by atoms with E-state index in [-0.39, 0.29) is 19.3 Å². The van der Waals surface area contributed by atoms with Gasteiger partial charge in [0.1, 0.15) is 12.2 Å². The van der Waals surface area contributed by atoms with Crippen molar-refractivity contribution in [3.63, 3.8) is 0 Å². The van der Waals surface area contributed by atoms with Crippen LogP contribution in [0.15, 0.2) is 0 Å². The van der Waals surface area contributed by atoms with Crippen LogP contribution in [0.2, 0.25) is 0 Å². The first-order chi connectivity index (χ1) is 8.70. The van der Waals surface area contributed by atoms with Gasteiger partial charge in [-0.15, -0.1) is 0 Å². The third-order valence-corrected chi connectivity index (χ3v) is 2.04. The van der Waals surface area contributed by atoms with E-state index in [1.807, 2.05) is 0 Å². The Morgan fingerprint density at radius 1 is 0.895 bits per heavy atom. The predicted octanol–water partition coefficient (Wildman–Crippen LogP) is 0.485. The van der Waals surface area contributed by atoms with E-state index in [4.69, 9.17) is 19.7 Å². The van der Waals surface area contributed by atoms with Crippen LogP contribution in [0, 0.1) is 0 Å². The Balaban J connectivity index is 3.98. The average molecular weight is 276 g/mol. The summed E-state index contributed by atoms with van der Waals surface area (Å²) in [6.45, 7) is 4.44. The van der Waals surface area contributed by atoms with E-state index in [2.05, 4.69) is 0 Å². The third-order valence-electron chi connectivity index (χ3n) is 2.04. The third kappa shape index (κ3) is 10.0. The number of carbonyl (C=O) groups is 3. The van der Waals surface area contributed by atoms with E-state index in [9.17, 15) is 14.4 Å². The number of carboxylic acids is 1. The molecule has 0 aliphatic rings. The van der Waals surface area contributed by atoms with Crippen molar-refractivity contribution in [3.8, 4) is 0 Å². The highest BCUT2D eigenvalue weighted by Crippen LogP contribution is 2.06. The number of carbonyl (C=O) groups excluding carboxylic acids is 2. The summed E-state index contributed by atoms with van der Waals surface area (Å²) in [6.07, 6.45) is -2.80. The molecule has 0 spiro atoms. The van der Waals surface area contributed by atoms with Crippen molar-refractivity contribution in [1.82, 2.24) is 0 Å². The van der Waals surface area contributed by atoms with Gasteiger partial charge in [-0.25, -0.2) is 0 Å². The molecule has 0 amide bonds. The number of aliphatic carboxylic acids is 1. The highest BCUT2D eigenvalue weighted by molar-refractivity contribution is 5.73. The molecule has 0 fully saturated rings. The molecule has 0 radical (unpaired) electrons. The van der Waals surface area contributed by atoms with Crippen LogP contribution in [0.5, 0.6) is 0 Å². The van der Waals surface area contributed by atoms with Crippen molar-refractivity contribution in [2.45, 2.75) is 58.3 Å². The number of hydrogen-bond acceptors (Lipinski definition) is 6. The molecule has 19 heavy (non-hydrogen) atoms. The van der Waals surface area contributed by atoms with E-state index >= 15 is 0 Å². The Morgan fingerprint density at radius 3 is 1.74 bits per heavy atom. The van der Waals surface area contributed by atoms with Gasteiger partial charge in [-0.1, -0.05) is 0 Å². The fourth-order valence-electron chi connectivity index (χ4n) is 1.35. The molecule has 3 atom stereocenters. The van der Waals surface area contributed by atoms with Crippen LogP contribution in [0.1, 0.15) is 40.0 Å². The van der Waals surface area contributed by atoms with Gasteiger partial charge < -0.3 is 19.7 Å². The Labute approximate surface area is 111 Å². The number of esters is 2. The zero-order valence-corrected chi connectivity index (χ0v) is 11.3. The van der Waals surface area contributed by atoms with Crippen molar-refractivity contribution >= 4 is 17.9 Å². The number of rotatable bonds is 8. The largest absolute Gasteiger partial charge is 0.481 e. The normalized spacial score (nSPS) is 15.2. The molecule has 0 aromatic heterocycles. The van der Waals surface area contributed by atoms with E-state index in [1.165, 1.54) is 20.8 Å². The van der Waals surface area contributed by atoms with Crippen LogP contribution in [-0.4, -0.2) is 46.4 Å². The monoisotopic (exact) mass is 276 g/mol. The summed E-state index contributed by atoms with van der Waals surface area (Å²) in [5.41, 5.74) is 0. The summed E-state index contributed by atoms with van der Waals surface area (Å²) >= 11 is 0. The van der Waals surface area contributed by atoms with Gasteiger partial charge in [0.2, 0.25) is 0 Å². The molecule has 110 valence electrons. The van der Waals surface area contributed by atoms with Crippen molar-refractivity contribution in [2.24, 2.45) is 0 Å². The fourth-order valence-corrected chi connectivity index (χ4v) is 1.35. The lowest BCUT2D eigenvalue weighted by Crippen LogP contribution is -2.24. The van der Waals surface area contributed by atoms with Crippen molar-refractivity contribution in [2.75, 3.05) is 0 Å². The number of aliphatic hydroxyl groups excluding tert-OH is 1. The molecular weight excluding hydrogens is 256 g/mol. The minimum absolute atomic E-state index is 0.144. The molecule has 0 aliphatic heterocycles. The molecule has 0 aliphatic carbocycles. The number of aliphatic hydroxyl groups is 1. The summed E-state index contributed by atoms with van der Waals surface area (Å²) < 4.78 is 9.71. The molecule has 7 heteroatoms. The van der Waals surface area contributed by atoms with Crippen molar-refractivity contribution in [1.29, 1.82) is 0 Å². The molecule has 0 heterocycles. The van der Waals surface area contributed by atoms with Gasteiger partial charge in [0.15, 0.2) is 0 Å². The molecule has 0 bridgehead atoms. The van der Waals surface area contributed by atoms with Gasteiger partial charge in [-0.3, -0.25) is 14.4 Å². The molecular formula is C12H20O7. The second-order valence-electron chi connectivity index (χ2n) is 4.46. The predicted molar refractivity (Wildman–Crippen MR) is 64.3 cm³/mol. The van der Waals surface area contributed by atoms with Crippen molar-refractivity contribution in [3.05, 3.63) is 0 Å². The summed E-state index contributed by atoms with van der Waals surface area (Å²) in [6, 6.07) is 0. The van der Waals surface area contributed by atoms with Gasteiger partial charge in [-0.05, 0) is 20.8 Å². The molecule has 2 N–H and O–H groups in total. The molecule has 7 nitrogen and oxygen atoms in total. The maximum Gasteiger partial charge on any atom is 0.309 e. The summed E-state index contributed by atoms with van der Waals surface area (Å²) in [4.78, 5) is 33.0. The lowest BCUT2D eigenvalue weighted by atomic mass is 10.2. The quantitative estimate of drug-likeness (QED) is 0.620. The number of ether oxygens (including phenoxy) is 2. The SMILES string of the molecule is C[C@H](O)CC(=O)O[C@@H](C)CC(=O)O[C@@H](C)CC(=O)O. The minimum Gasteiger partial charge on any atom is -0.481 e. The smallest absolute Gasteiger partial charge is 0.309 e. The Hall–Kier alpha value is -1.63. The van der Waals surface area contributed by atoms with Gasteiger partial charge >= 0.3 is 17.9 Å². The van der Waals surface area contributed by atoms with E-state index in [0.717, 1.165) is 0 Å². The summed E-state index contributed by atoms with van der Waals surface area (Å²) in [5.74, 6) is -2.29. The number of hydrogen-bond donors (Lipinski definition) is 2. The van der Waals surface area contributed by atoms with Crippen LogP contribution < -0.4 is 0 Å². The Morgan fingerprint density at radius 2 is 1.32 bits per heavy atom. The maximum atomic E-state index is 11.4. The zero-order chi connectivity index (χ0) is 15.0. The van der Waals surface area contributed by atoms with E-state index in [1.54, 1.807) is 0 Å². The van der Waals surface area contributed by atoms with Crippen LogP contribution in [0.25, 0.3) is 0 Å². The lowest BCUT2D eigenvalue weighted by Gasteiger charge is -2.15. The maximum absolute atomic E-state index is 11.4. The van der Waals surface area contributed by atoms with E-state index in [0.29, 0.717) is 0 Å². The minimum atomic E-state index is -1.06. The zero-order valence-electron chi connectivity index (χ0n) is 11.3. The highest BCUT2D eigenvalue weighted by Gasteiger charge is 2.18. The van der Waals surface area contributed by atoms with Crippen LogP contribution >= 0.6 is 0 Å². The second-order valence-corrected chi connectivity index (χ2v) is 4.46. The fraction of sp³-hybridized carbons (Fsp3) is 0.750. The van der Waals surface area contributed by atoms with Gasteiger partial charge in [0.25, 0.3) is 0 Å². The molecule has 0 rings (SSSR count). The summed E-state index contributed by atoms with van der Waals surface area (Å²) in [7, 11) is 0. The highest BCUT2D eigenvalue weighted by atomic mass is 16.6. The van der Waals surface area contributed by atoms with E-state index < -0.39 is 36.2 Å². The molecule has 0 aromatic carbocycles. The standard InChI is InChI=1S/C12H20O7/c1-7(13)4-11(16)19-9(3)6-12(17)18-8(2)5-10(14)15/h7-9,13H,4-6H2,1-3H3,(H,14,15)/t7-,8-,9-/m0/s1. The number of carboxylic acid groups (broad SMARTS) is 1. The average Bonchev–Trinajstić information content (AvgIpc) is 2.12. The Kier molecular flexibility index (Phi) is 7.74. The lowest BCUT2D eigenvalue weighted by molar-refractivity contribution is -0.158. The van der Waals surface area contributed by atoms with Crippen LogP contribution in [0.4, 0.5) is 0 Å². The molecule has 0 saturated carbocycles. The van der Waals surface area contributed by atoms with Crippen LogP contribution in [0.3, 0.4) is 0 Å². The molecule has 0 saturated heterocycles. The summed E-state index contributed by atoms with van der Waals surface area (Å²) in [5, 5.41) is 17.5. The topological polar surface area (TPSA) is 110 Å². The van der Waals surface area contributed by atoms with Crippen molar-refractivity contribution < 1.29 is 34.1 Å². The van der Waals surface area contributed by atoms with Gasteiger partial charge in [0.05, 0.1) is 25.4 Å². The van der Waals surface area contributed by atoms with Gasteiger partial charge in [0, 0.05) is 0 Å². The second kappa shape index (κ2) is 8.47. The molecule has 0 unspecified atom stereocenters. The first kappa shape index (κ1) is 17.4. The first-order valence-corrected chi connectivity index (χ1v) is 5.99. The van der Waals surface area contributed by atoms with Gasteiger partial charge in [-0.2, -0.15) is 0 Å². The first-order valence-electron chi connectivity index (χ1n) is 5.99. The Bertz CT molecular complexity index is 324. The molecule has 0 aromatic rings.